The molecule has 30 heavy (non-hydrogen) atoms. The Bertz CT molecular complexity index is 1060. The summed E-state index contributed by atoms with van der Waals surface area (Å²) in [6.07, 6.45) is -0.0360. The molecule has 2 aromatic carbocycles. The van der Waals surface area contributed by atoms with Gasteiger partial charge in [-0.15, -0.1) is 0 Å². The van der Waals surface area contributed by atoms with Gasteiger partial charge in [-0.1, -0.05) is 24.3 Å². The number of β-amino-alcohol motifs (C(OH)–C–C–N with tert-alkyl or cyclic N) is 1. The number of benzene rings is 2. The Labute approximate surface area is 176 Å². The third-order valence-electron chi connectivity index (χ3n) is 4.98. The molecule has 0 spiro atoms. The minimum Gasteiger partial charge on any atom is -0.546 e. The highest BCUT2D eigenvalue weighted by Crippen LogP contribution is 2.36. The van der Waals surface area contributed by atoms with Gasteiger partial charge in [0.15, 0.2) is 16.9 Å². The maximum atomic E-state index is 12.7. The van der Waals surface area contributed by atoms with Crippen LogP contribution in [0.1, 0.15) is 16.8 Å². The maximum absolute atomic E-state index is 12.7. The van der Waals surface area contributed by atoms with Crippen LogP contribution in [-0.2, 0) is 0 Å². The molecule has 3 N–H and O–H groups in total. The summed E-state index contributed by atoms with van der Waals surface area (Å²) in [5, 5.41) is 23.3. The van der Waals surface area contributed by atoms with Gasteiger partial charge in [-0.25, -0.2) is 0 Å². The Morgan fingerprint density at radius 3 is 2.70 bits per heavy atom. The molecule has 1 aromatic heterocycles. The third-order valence-corrected chi connectivity index (χ3v) is 5.64. The second-order valence-corrected chi connectivity index (χ2v) is 7.83. The Hall–Kier alpha value is -3.21. The predicted octanol–water partition coefficient (Wildman–Crippen LogP) is 2.63. The van der Waals surface area contributed by atoms with Crippen LogP contribution >= 0.6 is 11.1 Å². The standard InChI is InChI=1S/C20H21N5O4S/c1-24(13-6-3-2-4-7-13)19-18(22-30(29)23-19)21-16-9-5-8-15(17(16)27)20(28)25-11-10-14(26)12-25/h2-9,14,26-27H,10-12H2,1H3,(H,21,22)/t14-,30?/m1/s1. The Kier molecular flexibility index (Phi) is 5.53. The SMILES string of the molecule is CN(c1ccccc1)c1n[s+]([O-])nc1Nc1cccc(C(=O)N2CC[C@@H](O)C2)c1O. The van der Waals surface area contributed by atoms with E-state index in [9.17, 15) is 19.6 Å². The van der Waals surface area contributed by atoms with Crippen molar-refractivity contribution in [3.05, 3.63) is 54.1 Å². The number of anilines is 4. The Morgan fingerprint density at radius 1 is 1.23 bits per heavy atom. The summed E-state index contributed by atoms with van der Waals surface area (Å²) < 4.78 is 20.0. The summed E-state index contributed by atoms with van der Waals surface area (Å²) in [7, 11) is 1.77. The molecule has 9 nitrogen and oxygen atoms in total. The zero-order valence-electron chi connectivity index (χ0n) is 16.2. The van der Waals surface area contributed by atoms with Gasteiger partial charge >= 0.3 is 0 Å². The number of para-hydroxylation sites is 2. The van der Waals surface area contributed by atoms with Crippen molar-refractivity contribution in [3.8, 4) is 5.75 Å². The predicted molar refractivity (Wildman–Crippen MR) is 113 cm³/mol. The summed E-state index contributed by atoms with van der Waals surface area (Å²) in [6.45, 7) is 0.668. The van der Waals surface area contributed by atoms with Crippen molar-refractivity contribution in [2.75, 3.05) is 30.4 Å². The lowest BCUT2D eigenvalue weighted by molar-refractivity contribution is 0.0762. The van der Waals surface area contributed by atoms with Gasteiger partial charge in [-0.05, 0) is 30.7 Å². The number of aromatic nitrogens is 2. The molecule has 0 radical (unpaired) electrons. The number of aromatic hydroxyl groups is 1. The molecule has 10 heteroatoms. The van der Waals surface area contributed by atoms with E-state index in [1.807, 2.05) is 30.3 Å². The van der Waals surface area contributed by atoms with Gasteiger partial charge in [0, 0.05) is 34.6 Å². The van der Waals surface area contributed by atoms with Crippen molar-refractivity contribution in [2.24, 2.45) is 0 Å². The van der Waals surface area contributed by atoms with E-state index in [-0.39, 0.29) is 35.3 Å². The van der Waals surface area contributed by atoms with Crippen molar-refractivity contribution < 1.29 is 19.6 Å². The topological polar surface area (TPSA) is 125 Å². The normalized spacial score (nSPS) is 16.6. The van der Waals surface area contributed by atoms with E-state index in [1.165, 1.54) is 11.0 Å². The van der Waals surface area contributed by atoms with E-state index in [0.29, 0.717) is 18.8 Å². The first-order valence-corrected chi connectivity index (χ1v) is 10.5. The molecular formula is C20H21N5O4S. The van der Waals surface area contributed by atoms with Crippen LogP contribution < -0.4 is 10.2 Å². The molecule has 156 valence electrons. The Balaban J connectivity index is 1.62. The second-order valence-electron chi connectivity index (χ2n) is 7.00. The van der Waals surface area contributed by atoms with Crippen LogP contribution in [0.25, 0.3) is 0 Å². The number of nitrogens with one attached hydrogen (secondary N) is 1. The van der Waals surface area contributed by atoms with Crippen molar-refractivity contribution >= 4 is 40.1 Å². The smallest absolute Gasteiger partial charge is 0.257 e. The van der Waals surface area contributed by atoms with E-state index in [1.54, 1.807) is 24.1 Å². The summed E-state index contributed by atoms with van der Waals surface area (Å²) in [4.78, 5) is 16.0. The van der Waals surface area contributed by atoms with Crippen LogP contribution in [0.5, 0.6) is 5.75 Å². The lowest BCUT2D eigenvalue weighted by Crippen LogP contribution is -2.29. The van der Waals surface area contributed by atoms with Crippen LogP contribution in [0.4, 0.5) is 23.0 Å². The fourth-order valence-electron chi connectivity index (χ4n) is 3.37. The first-order valence-electron chi connectivity index (χ1n) is 9.39. The number of carbonyl (C=O) groups is 1. The number of aliphatic hydroxyl groups excluding tert-OH is 1. The van der Waals surface area contributed by atoms with Gasteiger partial charge in [-0.2, -0.15) is 0 Å². The molecule has 1 aliphatic heterocycles. The number of aliphatic hydroxyl groups is 1. The number of likely N-dealkylation sites (tertiary alicyclic amines) is 1. The quantitative estimate of drug-likeness (QED) is 0.419. The molecule has 1 aliphatic rings. The van der Waals surface area contributed by atoms with Crippen LogP contribution in [0, 0.1) is 0 Å². The highest BCUT2D eigenvalue weighted by Gasteiger charge is 2.28. The highest BCUT2D eigenvalue weighted by atomic mass is 32.2. The molecule has 2 heterocycles. The van der Waals surface area contributed by atoms with Gasteiger partial charge in [0.2, 0.25) is 11.6 Å². The highest BCUT2D eigenvalue weighted by molar-refractivity contribution is 7.14. The number of hydrogen-bond acceptors (Lipinski definition) is 8. The average Bonchev–Trinajstić information content (AvgIpc) is 3.34. The van der Waals surface area contributed by atoms with E-state index in [2.05, 4.69) is 14.1 Å². The molecule has 1 amide bonds. The van der Waals surface area contributed by atoms with Crippen molar-refractivity contribution in [2.45, 2.75) is 12.5 Å². The fraction of sp³-hybridized carbons (Fsp3) is 0.250. The largest absolute Gasteiger partial charge is 0.546 e. The van der Waals surface area contributed by atoms with Crippen molar-refractivity contribution in [3.63, 3.8) is 0 Å². The van der Waals surface area contributed by atoms with E-state index in [0.717, 1.165) is 5.69 Å². The molecule has 0 saturated carbocycles. The fourth-order valence-corrected chi connectivity index (χ4v) is 4.05. The number of phenols is 1. The molecule has 1 fully saturated rings. The number of hydrogen-bond donors (Lipinski definition) is 3. The average molecular weight is 427 g/mol. The van der Waals surface area contributed by atoms with E-state index >= 15 is 0 Å². The van der Waals surface area contributed by atoms with Gasteiger partial charge in [0.05, 0.1) is 17.4 Å². The Morgan fingerprint density at radius 2 is 2.00 bits per heavy atom. The minimum atomic E-state index is -1.79. The first kappa shape index (κ1) is 20.1. The van der Waals surface area contributed by atoms with Gasteiger partial charge in [0.25, 0.3) is 5.91 Å². The van der Waals surface area contributed by atoms with E-state index < -0.39 is 17.2 Å². The van der Waals surface area contributed by atoms with Gasteiger partial charge in [0.1, 0.15) is 0 Å². The van der Waals surface area contributed by atoms with Crippen LogP contribution in [-0.4, -0.2) is 60.6 Å². The van der Waals surface area contributed by atoms with Gasteiger partial charge < -0.3 is 29.9 Å². The summed E-state index contributed by atoms with van der Waals surface area (Å²) >= 11 is -1.79. The van der Waals surface area contributed by atoms with Crippen LogP contribution in [0.2, 0.25) is 0 Å². The molecule has 1 unspecified atom stereocenters. The number of phenolic OH excluding ortho intramolecular Hbond substituents is 1. The summed E-state index contributed by atoms with van der Waals surface area (Å²) in [5.41, 5.74) is 1.18. The zero-order chi connectivity index (χ0) is 21.3. The number of amides is 1. The zero-order valence-corrected chi connectivity index (χ0v) is 17.0. The van der Waals surface area contributed by atoms with Gasteiger partial charge in [-0.3, -0.25) is 4.79 Å². The first-order chi connectivity index (χ1) is 14.4. The van der Waals surface area contributed by atoms with E-state index in [4.69, 9.17) is 0 Å². The lowest BCUT2D eigenvalue weighted by atomic mass is 10.1. The molecule has 0 aliphatic carbocycles. The number of nitrogens with zero attached hydrogens (tertiary/aromatic N) is 4. The molecule has 0 bridgehead atoms. The van der Waals surface area contributed by atoms with Crippen LogP contribution in [0.15, 0.2) is 48.5 Å². The molecule has 4 rings (SSSR count). The molecular weight excluding hydrogens is 406 g/mol. The van der Waals surface area contributed by atoms with Crippen molar-refractivity contribution in [1.29, 1.82) is 0 Å². The minimum absolute atomic E-state index is 0.115. The lowest BCUT2D eigenvalue weighted by Gasteiger charge is -2.18. The third kappa shape index (κ3) is 3.92. The van der Waals surface area contributed by atoms with Crippen molar-refractivity contribution in [1.82, 2.24) is 13.6 Å². The van der Waals surface area contributed by atoms with Crippen LogP contribution in [0.3, 0.4) is 0 Å². The number of carbonyl (C=O) groups excluding carboxylic acids is 1. The summed E-state index contributed by atoms with van der Waals surface area (Å²) in [5.74, 6) is -0.0413. The molecule has 3 aromatic rings. The second kappa shape index (κ2) is 8.27. The summed E-state index contributed by atoms with van der Waals surface area (Å²) in [6, 6.07) is 14.1. The monoisotopic (exact) mass is 427 g/mol. The molecule has 1 saturated heterocycles. The molecule has 2 atom stereocenters. The number of rotatable bonds is 5. The maximum Gasteiger partial charge on any atom is 0.257 e.